The molecule has 0 spiro atoms. The van der Waals surface area contributed by atoms with Crippen molar-refractivity contribution in [2.24, 2.45) is 11.3 Å². The molecule has 2 fully saturated rings. The first-order valence-corrected chi connectivity index (χ1v) is 8.06. The van der Waals surface area contributed by atoms with Gasteiger partial charge in [0.2, 0.25) is 5.91 Å². The van der Waals surface area contributed by atoms with Crippen LogP contribution in [0.4, 0.5) is 4.39 Å². The lowest BCUT2D eigenvalue weighted by Gasteiger charge is -2.31. The molecule has 0 unspecified atom stereocenters. The van der Waals surface area contributed by atoms with Gasteiger partial charge in [-0.15, -0.1) is 0 Å². The van der Waals surface area contributed by atoms with Crippen molar-refractivity contribution in [3.05, 3.63) is 35.6 Å². The van der Waals surface area contributed by atoms with Crippen molar-refractivity contribution in [2.75, 3.05) is 13.1 Å². The number of hydrogen-bond acceptors (Lipinski definition) is 2. The van der Waals surface area contributed by atoms with Gasteiger partial charge in [0.15, 0.2) is 0 Å². The summed E-state index contributed by atoms with van der Waals surface area (Å²) in [5.41, 5.74) is -0.828. The molecule has 124 valence electrons. The first-order valence-electron chi connectivity index (χ1n) is 8.06. The number of fused-ring (bicyclic) bond motifs is 1. The van der Waals surface area contributed by atoms with Gasteiger partial charge in [0.25, 0.3) is 0 Å². The second kappa shape index (κ2) is 5.32. The number of carbonyl (C=O) groups excluding carboxylic acids is 1. The molecule has 1 aromatic carbocycles. The molecule has 0 radical (unpaired) electrons. The van der Waals surface area contributed by atoms with Crippen molar-refractivity contribution in [1.82, 2.24) is 4.90 Å². The molecule has 0 bridgehead atoms. The van der Waals surface area contributed by atoms with Crippen molar-refractivity contribution in [3.8, 4) is 0 Å². The van der Waals surface area contributed by atoms with E-state index in [0.717, 1.165) is 18.4 Å². The van der Waals surface area contributed by atoms with Crippen molar-refractivity contribution >= 4 is 11.9 Å². The minimum Gasteiger partial charge on any atom is -0.481 e. The third-order valence-corrected chi connectivity index (χ3v) is 5.68. The zero-order valence-corrected chi connectivity index (χ0v) is 13.5. The van der Waals surface area contributed by atoms with Gasteiger partial charge in [0.05, 0.1) is 10.8 Å². The molecule has 1 aliphatic carbocycles. The van der Waals surface area contributed by atoms with Gasteiger partial charge in [-0.2, -0.15) is 0 Å². The number of nitrogens with zero attached hydrogens (tertiary/aromatic N) is 1. The number of halogens is 1. The molecule has 4 nitrogen and oxygen atoms in total. The van der Waals surface area contributed by atoms with Gasteiger partial charge >= 0.3 is 5.97 Å². The van der Waals surface area contributed by atoms with E-state index in [9.17, 15) is 19.1 Å². The van der Waals surface area contributed by atoms with Crippen LogP contribution in [0.3, 0.4) is 0 Å². The highest BCUT2D eigenvalue weighted by Crippen LogP contribution is 2.49. The lowest BCUT2D eigenvalue weighted by Crippen LogP contribution is -2.44. The molecular weight excluding hydrogens is 297 g/mol. The van der Waals surface area contributed by atoms with Crippen LogP contribution in [0.1, 0.15) is 38.7 Å². The van der Waals surface area contributed by atoms with E-state index in [1.807, 2.05) is 13.8 Å². The van der Waals surface area contributed by atoms with Gasteiger partial charge in [0.1, 0.15) is 5.82 Å². The summed E-state index contributed by atoms with van der Waals surface area (Å²) in [7, 11) is 0. The maximum atomic E-state index is 13.1. The summed E-state index contributed by atoms with van der Waals surface area (Å²) < 4.78 is 13.1. The normalized spacial score (nSPS) is 27.1. The molecule has 1 aromatic rings. The molecule has 2 atom stereocenters. The van der Waals surface area contributed by atoms with Crippen LogP contribution in [-0.2, 0) is 15.0 Å². The first kappa shape index (κ1) is 16.0. The van der Waals surface area contributed by atoms with Crippen molar-refractivity contribution in [2.45, 2.75) is 38.5 Å². The predicted molar refractivity (Wildman–Crippen MR) is 83.4 cm³/mol. The Kier molecular flexibility index (Phi) is 3.69. The Morgan fingerprint density at radius 2 is 1.96 bits per heavy atom. The van der Waals surface area contributed by atoms with Crippen LogP contribution >= 0.6 is 0 Å². The van der Waals surface area contributed by atoms with E-state index < -0.39 is 16.8 Å². The molecular formula is C18H22FNO3. The number of amides is 1. The Labute approximate surface area is 135 Å². The van der Waals surface area contributed by atoms with Crippen LogP contribution in [-0.4, -0.2) is 35.0 Å². The molecule has 1 saturated carbocycles. The molecule has 0 aromatic heterocycles. The molecule has 5 heteroatoms. The quantitative estimate of drug-likeness (QED) is 0.932. The van der Waals surface area contributed by atoms with Gasteiger partial charge in [-0.1, -0.05) is 18.6 Å². The third-order valence-electron chi connectivity index (χ3n) is 5.68. The third kappa shape index (κ3) is 2.42. The van der Waals surface area contributed by atoms with E-state index in [-0.39, 0.29) is 24.2 Å². The number of aliphatic carboxylic acids is 1. The van der Waals surface area contributed by atoms with E-state index in [1.54, 1.807) is 17.0 Å². The summed E-state index contributed by atoms with van der Waals surface area (Å²) in [4.78, 5) is 26.4. The fourth-order valence-electron chi connectivity index (χ4n) is 4.18. The van der Waals surface area contributed by atoms with Crippen LogP contribution < -0.4 is 0 Å². The second-order valence-corrected chi connectivity index (χ2v) is 7.37. The summed E-state index contributed by atoms with van der Waals surface area (Å²) >= 11 is 0. The van der Waals surface area contributed by atoms with Gasteiger partial charge < -0.3 is 10.0 Å². The molecule has 1 aliphatic heterocycles. The molecule has 1 saturated heterocycles. The number of hydrogen-bond donors (Lipinski definition) is 1. The average Bonchev–Trinajstić information content (AvgIpc) is 3.04. The zero-order valence-electron chi connectivity index (χ0n) is 13.5. The Hall–Kier alpha value is -1.91. The fraction of sp³-hybridized carbons (Fsp3) is 0.556. The lowest BCUT2D eigenvalue weighted by molar-refractivity contribution is -0.149. The second-order valence-electron chi connectivity index (χ2n) is 7.37. The minimum absolute atomic E-state index is 0.0490. The van der Waals surface area contributed by atoms with Gasteiger partial charge in [0, 0.05) is 13.1 Å². The summed E-state index contributed by atoms with van der Waals surface area (Å²) in [5.74, 6) is -1.15. The molecule has 1 N–H and O–H groups in total. The van der Waals surface area contributed by atoms with Crippen molar-refractivity contribution < 1.29 is 19.1 Å². The average molecular weight is 319 g/mol. The number of carbonyl (C=O) groups is 2. The highest BCUT2D eigenvalue weighted by Gasteiger charge is 2.56. The predicted octanol–water partition coefficient (Wildman–Crippen LogP) is 2.82. The van der Waals surface area contributed by atoms with E-state index in [0.29, 0.717) is 13.0 Å². The van der Waals surface area contributed by atoms with Crippen LogP contribution in [0.2, 0.25) is 0 Å². The van der Waals surface area contributed by atoms with Gasteiger partial charge in [-0.3, -0.25) is 9.59 Å². The smallest absolute Gasteiger partial charge is 0.311 e. The SMILES string of the molecule is CC(C)(C(=O)N1C[C@@H]2CCC[C@@]2(C(=O)O)C1)c1ccc(F)cc1. The lowest BCUT2D eigenvalue weighted by atomic mass is 9.81. The van der Waals surface area contributed by atoms with Gasteiger partial charge in [-0.25, -0.2) is 4.39 Å². The summed E-state index contributed by atoms with van der Waals surface area (Å²) in [6.07, 6.45) is 2.43. The maximum Gasteiger partial charge on any atom is 0.311 e. The van der Waals surface area contributed by atoms with Crippen molar-refractivity contribution in [3.63, 3.8) is 0 Å². The maximum absolute atomic E-state index is 13.1. The zero-order chi connectivity index (χ0) is 16.8. The summed E-state index contributed by atoms with van der Waals surface area (Å²) in [6, 6.07) is 5.94. The van der Waals surface area contributed by atoms with E-state index in [2.05, 4.69) is 0 Å². The van der Waals surface area contributed by atoms with Crippen LogP contribution in [0, 0.1) is 17.2 Å². The molecule has 3 rings (SSSR count). The van der Waals surface area contributed by atoms with Crippen LogP contribution in [0.25, 0.3) is 0 Å². The minimum atomic E-state index is -0.800. The number of carboxylic acid groups (broad SMARTS) is 1. The Morgan fingerprint density at radius 1 is 1.30 bits per heavy atom. The highest BCUT2D eigenvalue weighted by atomic mass is 19.1. The fourth-order valence-corrected chi connectivity index (χ4v) is 4.18. The molecule has 2 aliphatic rings. The van der Waals surface area contributed by atoms with Gasteiger partial charge in [-0.05, 0) is 50.3 Å². The Bertz CT molecular complexity index is 640. The molecule has 23 heavy (non-hydrogen) atoms. The van der Waals surface area contributed by atoms with Crippen molar-refractivity contribution in [1.29, 1.82) is 0 Å². The van der Waals surface area contributed by atoms with E-state index in [1.165, 1.54) is 12.1 Å². The molecule has 1 heterocycles. The largest absolute Gasteiger partial charge is 0.481 e. The summed E-state index contributed by atoms with van der Waals surface area (Å²) in [5, 5.41) is 9.64. The monoisotopic (exact) mass is 319 g/mol. The van der Waals surface area contributed by atoms with Crippen LogP contribution in [0.15, 0.2) is 24.3 Å². The standard InChI is InChI=1S/C18H22FNO3/c1-17(2,12-5-7-14(19)8-6-12)15(21)20-10-13-4-3-9-18(13,11-20)16(22)23/h5-8,13H,3-4,9-11H2,1-2H3,(H,22,23)/t13-,18+/m0/s1. The number of rotatable bonds is 3. The van der Waals surface area contributed by atoms with Crippen LogP contribution in [0.5, 0.6) is 0 Å². The number of benzene rings is 1. The topological polar surface area (TPSA) is 57.6 Å². The summed E-state index contributed by atoms with van der Waals surface area (Å²) in [6.45, 7) is 4.42. The Morgan fingerprint density at radius 3 is 2.52 bits per heavy atom. The number of carboxylic acids is 1. The van der Waals surface area contributed by atoms with E-state index in [4.69, 9.17) is 0 Å². The molecule has 1 amide bonds. The number of likely N-dealkylation sites (tertiary alicyclic amines) is 1. The highest BCUT2D eigenvalue weighted by molar-refractivity contribution is 5.89. The Balaban J connectivity index is 1.84. The van der Waals surface area contributed by atoms with E-state index >= 15 is 0 Å². The first-order chi connectivity index (χ1) is 10.8.